The average molecular weight is 421 g/mol. The van der Waals surface area contributed by atoms with Crippen LogP contribution >= 0.6 is 11.3 Å². The average Bonchev–Trinajstić information content (AvgIpc) is 3.38. The molecule has 2 aromatic carbocycles. The van der Waals surface area contributed by atoms with Gasteiger partial charge in [0.25, 0.3) is 5.91 Å². The minimum absolute atomic E-state index is 0.123. The Kier molecular flexibility index (Phi) is 4.43. The predicted molar refractivity (Wildman–Crippen MR) is 112 cm³/mol. The van der Waals surface area contributed by atoms with Gasteiger partial charge in [0.2, 0.25) is 12.7 Å². The Bertz CT molecular complexity index is 1160. The second-order valence-electron chi connectivity index (χ2n) is 7.30. The number of ether oxygens (including phenoxy) is 2. The molecule has 0 fully saturated rings. The van der Waals surface area contributed by atoms with Gasteiger partial charge in [-0.1, -0.05) is 24.3 Å². The highest BCUT2D eigenvalue weighted by Crippen LogP contribution is 2.45. The molecule has 0 aliphatic carbocycles. The van der Waals surface area contributed by atoms with E-state index in [4.69, 9.17) is 9.47 Å². The third-order valence-corrected chi connectivity index (χ3v) is 6.28. The Hall–Kier alpha value is -3.39. The van der Waals surface area contributed by atoms with Gasteiger partial charge in [0.05, 0.1) is 12.0 Å². The quantitative estimate of drug-likeness (QED) is 0.697. The molecule has 0 bridgehead atoms. The molecule has 3 aromatic rings. The maximum absolute atomic E-state index is 13.5. The number of carbonyl (C=O) groups is 2. The highest BCUT2D eigenvalue weighted by Gasteiger charge is 2.43. The van der Waals surface area contributed by atoms with E-state index in [-0.39, 0.29) is 18.6 Å². The summed E-state index contributed by atoms with van der Waals surface area (Å²) in [6, 6.07) is 12.3. The van der Waals surface area contributed by atoms with Gasteiger partial charge in [-0.3, -0.25) is 9.59 Å². The fraction of sp³-hybridized carbons (Fsp3) is 0.227. The first-order chi connectivity index (χ1) is 14.5. The van der Waals surface area contributed by atoms with Crippen LogP contribution in [-0.2, 0) is 4.79 Å². The standard InChI is InChI=1S/C22H19N3O4S/c1-12-10-23-22(30-12)24-20(26)18-14-5-3-4-6-15(14)21(27)25(2)19(18)13-7-8-16-17(9-13)29-11-28-16/h3-10,18-19H,11H2,1-2H3,(H,23,24,26)/t18-,19+/m0/s1. The van der Waals surface area contributed by atoms with E-state index in [1.54, 1.807) is 24.2 Å². The molecule has 1 aromatic heterocycles. The summed E-state index contributed by atoms with van der Waals surface area (Å²) in [7, 11) is 1.72. The van der Waals surface area contributed by atoms with Gasteiger partial charge in [0, 0.05) is 23.7 Å². The van der Waals surface area contributed by atoms with Crippen LogP contribution in [-0.4, -0.2) is 35.5 Å². The Morgan fingerprint density at radius 3 is 2.80 bits per heavy atom. The minimum atomic E-state index is -0.603. The van der Waals surface area contributed by atoms with Crippen molar-refractivity contribution < 1.29 is 19.1 Å². The normalized spacial score (nSPS) is 19.5. The lowest BCUT2D eigenvalue weighted by molar-refractivity contribution is -0.119. The molecule has 0 radical (unpaired) electrons. The molecule has 5 rings (SSSR count). The van der Waals surface area contributed by atoms with Gasteiger partial charge in [-0.05, 0) is 36.2 Å². The predicted octanol–water partition coefficient (Wildman–Crippen LogP) is 3.73. The highest BCUT2D eigenvalue weighted by atomic mass is 32.1. The topological polar surface area (TPSA) is 80.8 Å². The van der Waals surface area contributed by atoms with Crippen LogP contribution in [0.25, 0.3) is 0 Å². The van der Waals surface area contributed by atoms with Crippen LogP contribution in [0.5, 0.6) is 11.5 Å². The van der Waals surface area contributed by atoms with E-state index >= 15 is 0 Å². The maximum atomic E-state index is 13.5. The zero-order chi connectivity index (χ0) is 20.8. The number of fused-ring (bicyclic) bond motifs is 2. The number of nitrogens with zero attached hydrogens (tertiary/aromatic N) is 2. The zero-order valence-corrected chi connectivity index (χ0v) is 17.2. The summed E-state index contributed by atoms with van der Waals surface area (Å²) in [4.78, 5) is 33.4. The molecule has 0 saturated heterocycles. The number of amides is 2. The molecule has 2 aliphatic rings. The van der Waals surface area contributed by atoms with Crippen LogP contribution in [0.4, 0.5) is 5.13 Å². The fourth-order valence-electron chi connectivity index (χ4n) is 4.07. The zero-order valence-electron chi connectivity index (χ0n) is 16.4. The van der Waals surface area contributed by atoms with Gasteiger partial charge < -0.3 is 19.7 Å². The first kappa shape index (κ1) is 18.6. The van der Waals surface area contributed by atoms with Gasteiger partial charge in [-0.15, -0.1) is 11.3 Å². The van der Waals surface area contributed by atoms with E-state index < -0.39 is 12.0 Å². The summed E-state index contributed by atoms with van der Waals surface area (Å²) in [5.74, 6) is 0.333. The van der Waals surface area contributed by atoms with E-state index in [0.717, 1.165) is 10.4 Å². The molecule has 2 atom stereocenters. The number of aromatic nitrogens is 1. The lowest BCUT2D eigenvalue weighted by atomic mass is 9.79. The Labute approximate surface area is 177 Å². The molecule has 0 spiro atoms. The van der Waals surface area contributed by atoms with E-state index in [1.807, 2.05) is 43.3 Å². The van der Waals surface area contributed by atoms with Crippen molar-refractivity contribution >= 4 is 28.3 Å². The third kappa shape index (κ3) is 3.00. The molecular formula is C22H19N3O4S. The molecule has 30 heavy (non-hydrogen) atoms. The Balaban J connectivity index is 1.61. The second kappa shape index (κ2) is 7.14. The number of nitrogens with one attached hydrogen (secondary N) is 1. The van der Waals surface area contributed by atoms with Gasteiger partial charge in [-0.2, -0.15) is 0 Å². The monoisotopic (exact) mass is 421 g/mol. The number of hydrogen-bond acceptors (Lipinski definition) is 6. The number of carbonyl (C=O) groups excluding carboxylic acids is 2. The van der Waals surface area contributed by atoms with E-state index in [0.29, 0.717) is 27.8 Å². The SMILES string of the molecule is Cc1cnc(NC(=O)[C@H]2c3ccccc3C(=O)N(C)[C@@H]2c2ccc3c(c2)OCO3)s1. The smallest absolute Gasteiger partial charge is 0.254 e. The van der Waals surface area contributed by atoms with E-state index in [1.165, 1.54) is 11.3 Å². The molecule has 8 heteroatoms. The molecule has 0 saturated carbocycles. The van der Waals surface area contributed by atoms with Crippen LogP contribution in [0.1, 0.15) is 38.3 Å². The molecule has 2 aliphatic heterocycles. The highest BCUT2D eigenvalue weighted by molar-refractivity contribution is 7.15. The van der Waals surface area contributed by atoms with Gasteiger partial charge in [0.15, 0.2) is 16.6 Å². The van der Waals surface area contributed by atoms with Crippen molar-refractivity contribution in [2.45, 2.75) is 18.9 Å². The van der Waals surface area contributed by atoms with Gasteiger partial charge in [-0.25, -0.2) is 4.98 Å². The number of hydrogen-bond donors (Lipinski definition) is 1. The summed E-state index contributed by atoms with van der Waals surface area (Å²) in [5, 5.41) is 3.48. The van der Waals surface area contributed by atoms with Crippen molar-refractivity contribution in [2.75, 3.05) is 19.2 Å². The number of anilines is 1. The van der Waals surface area contributed by atoms with Crippen molar-refractivity contribution in [3.63, 3.8) is 0 Å². The molecule has 1 N–H and O–H groups in total. The van der Waals surface area contributed by atoms with E-state index in [2.05, 4.69) is 10.3 Å². The lowest BCUT2D eigenvalue weighted by Crippen LogP contribution is -2.44. The first-order valence-corrected chi connectivity index (χ1v) is 10.3. The van der Waals surface area contributed by atoms with Crippen molar-refractivity contribution in [2.24, 2.45) is 0 Å². The van der Waals surface area contributed by atoms with Crippen LogP contribution in [0.15, 0.2) is 48.7 Å². The van der Waals surface area contributed by atoms with Crippen molar-refractivity contribution in [3.8, 4) is 11.5 Å². The second-order valence-corrected chi connectivity index (χ2v) is 8.54. The maximum Gasteiger partial charge on any atom is 0.254 e. The first-order valence-electron chi connectivity index (χ1n) is 9.52. The molecule has 2 amide bonds. The van der Waals surface area contributed by atoms with Crippen LogP contribution in [0.3, 0.4) is 0 Å². The number of benzene rings is 2. The van der Waals surface area contributed by atoms with Crippen LogP contribution in [0, 0.1) is 6.92 Å². The Morgan fingerprint density at radius 2 is 2.00 bits per heavy atom. The Morgan fingerprint density at radius 1 is 1.20 bits per heavy atom. The summed E-state index contributed by atoms with van der Waals surface area (Å²) in [5.41, 5.74) is 2.04. The molecular weight excluding hydrogens is 402 g/mol. The largest absolute Gasteiger partial charge is 0.454 e. The number of aryl methyl sites for hydroxylation is 1. The van der Waals surface area contributed by atoms with Crippen LogP contribution in [0.2, 0.25) is 0 Å². The number of thiazole rings is 1. The summed E-state index contributed by atoms with van der Waals surface area (Å²) in [6.45, 7) is 2.10. The molecule has 0 unspecified atom stereocenters. The summed E-state index contributed by atoms with van der Waals surface area (Å²) >= 11 is 1.42. The summed E-state index contributed by atoms with van der Waals surface area (Å²) < 4.78 is 10.9. The van der Waals surface area contributed by atoms with Crippen molar-refractivity contribution in [1.82, 2.24) is 9.88 Å². The van der Waals surface area contributed by atoms with E-state index in [9.17, 15) is 9.59 Å². The van der Waals surface area contributed by atoms with Gasteiger partial charge in [0.1, 0.15) is 0 Å². The molecule has 152 valence electrons. The molecule has 3 heterocycles. The fourth-order valence-corrected chi connectivity index (χ4v) is 4.73. The molecule has 7 nitrogen and oxygen atoms in total. The van der Waals surface area contributed by atoms with Crippen molar-refractivity contribution in [1.29, 1.82) is 0 Å². The number of likely N-dealkylation sites (N-methyl/N-ethyl adjacent to an activating group) is 1. The van der Waals surface area contributed by atoms with Crippen molar-refractivity contribution in [3.05, 3.63) is 70.2 Å². The number of rotatable bonds is 3. The third-order valence-electron chi connectivity index (χ3n) is 5.45. The minimum Gasteiger partial charge on any atom is -0.454 e. The lowest BCUT2D eigenvalue weighted by Gasteiger charge is -2.39. The van der Waals surface area contributed by atoms with Crippen LogP contribution < -0.4 is 14.8 Å². The van der Waals surface area contributed by atoms with Gasteiger partial charge >= 0.3 is 0 Å². The summed E-state index contributed by atoms with van der Waals surface area (Å²) in [6.07, 6.45) is 1.72.